The van der Waals surface area contributed by atoms with Crippen molar-refractivity contribution in [3.8, 4) is 0 Å². The molecule has 1 aromatic heterocycles. The minimum atomic E-state index is -0.462. The number of nitro groups is 1. The third kappa shape index (κ3) is 2.99. The van der Waals surface area contributed by atoms with Crippen LogP contribution in [0.15, 0.2) is 6.20 Å². The molecule has 0 radical (unpaired) electrons. The Morgan fingerprint density at radius 1 is 1.55 bits per heavy atom. The largest absolute Gasteiger partial charge is 0.349 e. The Morgan fingerprint density at radius 2 is 2.25 bits per heavy atom. The molecule has 0 saturated carbocycles. The van der Waals surface area contributed by atoms with Crippen molar-refractivity contribution in [1.82, 2.24) is 14.9 Å². The first kappa shape index (κ1) is 14.9. The summed E-state index contributed by atoms with van der Waals surface area (Å²) in [4.78, 5) is 22.6. The van der Waals surface area contributed by atoms with E-state index in [0.29, 0.717) is 11.9 Å². The van der Waals surface area contributed by atoms with E-state index >= 15 is 0 Å². The molecule has 1 fully saturated rings. The van der Waals surface area contributed by atoms with Gasteiger partial charge in [0.1, 0.15) is 6.20 Å². The van der Waals surface area contributed by atoms with Gasteiger partial charge in [-0.25, -0.2) is 4.98 Å². The number of hydrogen-bond donors (Lipinski definition) is 0. The molecule has 1 unspecified atom stereocenters. The van der Waals surface area contributed by atoms with E-state index in [2.05, 4.69) is 28.7 Å². The Morgan fingerprint density at radius 3 is 2.85 bits per heavy atom. The SMILES string of the molecule is CCN(CC)C1CCN(c2nc(Cl)ncc2[N+](=O)[O-])C1. The summed E-state index contributed by atoms with van der Waals surface area (Å²) in [6, 6.07) is 0.401. The molecule has 1 aliphatic rings. The van der Waals surface area contributed by atoms with E-state index < -0.39 is 4.92 Å². The van der Waals surface area contributed by atoms with Gasteiger partial charge >= 0.3 is 5.69 Å². The summed E-state index contributed by atoms with van der Waals surface area (Å²) in [5, 5.41) is 11.1. The van der Waals surface area contributed by atoms with Gasteiger partial charge in [-0.3, -0.25) is 15.0 Å². The van der Waals surface area contributed by atoms with E-state index in [1.807, 2.05) is 4.90 Å². The van der Waals surface area contributed by atoms with Gasteiger partial charge in [0, 0.05) is 19.1 Å². The van der Waals surface area contributed by atoms with Crippen molar-refractivity contribution < 1.29 is 4.92 Å². The van der Waals surface area contributed by atoms with Gasteiger partial charge in [0.2, 0.25) is 11.1 Å². The van der Waals surface area contributed by atoms with Gasteiger partial charge < -0.3 is 4.90 Å². The third-order valence-corrected chi connectivity index (χ3v) is 3.89. The average molecular weight is 300 g/mol. The van der Waals surface area contributed by atoms with Crippen LogP contribution in [0, 0.1) is 10.1 Å². The molecule has 1 atom stereocenters. The molecule has 0 N–H and O–H groups in total. The summed E-state index contributed by atoms with van der Waals surface area (Å²) in [6.07, 6.45) is 2.15. The van der Waals surface area contributed by atoms with Crippen LogP contribution in [0.3, 0.4) is 0 Å². The van der Waals surface area contributed by atoms with Gasteiger partial charge in [0.15, 0.2) is 0 Å². The highest BCUT2D eigenvalue weighted by Crippen LogP contribution is 2.30. The monoisotopic (exact) mass is 299 g/mol. The third-order valence-electron chi connectivity index (χ3n) is 3.71. The average Bonchev–Trinajstić information content (AvgIpc) is 2.89. The molecule has 0 aliphatic carbocycles. The topological polar surface area (TPSA) is 75.4 Å². The lowest BCUT2D eigenvalue weighted by Gasteiger charge is -2.26. The van der Waals surface area contributed by atoms with E-state index in [-0.39, 0.29) is 11.0 Å². The first-order valence-corrected chi connectivity index (χ1v) is 7.10. The van der Waals surface area contributed by atoms with E-state index in [1.54, 1.807) is 0 Å². The maximum Gasteiger partial charge on any atom is 0.329 e. The second-order valence-electron chi connectivity index (χ2n) is 4.71. The van der Waals surface area contributed by atoms with Crippen LogP contribution >= 0.6 is 11.6 Å². The maximum atomic E-state index is 11.1. The van der Waals surface area contributed by atoms with Crippen molar-refractivity contribution in [1.29, 1.82) is 0 Å². The quantitative estimate of drug-likeness (QED) is 0.470. The van der Waals surface area contributed by atoms with E-state index in [1.165, 1.54) is 6.20 Å². The predicted octanol–water partition coefficient (Wildman–Crippen LogP) is 1.96. The number of nitrogens with zero attached hydrogens (tertiary/aromatic N) is 5. The van der Waals surface area contributed by atoms with Crippen molar-refractivity contribution in [2.45, 2.75) is 26.3 Å². The summed E-state index contributed by atoms with van der Waals surface area (Å²) in [6.45, 7) is 7.67. The lowest BCUT2D eigenvalue weighted by Crippen LogP contribution is -2.37. The van der Waals surface area contributed by atoms with Gasteiger partial charge in [0.05, 0.1) is 4.92 Å². The van der Waals surface area contributed by atoms with Crippen LogP contribution in [0.2, 0.25) is 5.28 Å². The van der Waals surface area contributed by atoms with E-state index in [4.69, 9.17) is 11.6 Å². The van der Waals surface area contributed by atoms with Crippen molar-refractivity contribution in [2.75, 3.05) is 31.1 Å². The summed E-state index contributed by atoms with van der Waals surface area (Å²) in [7, 11) is 0. The molecule has 20 heavy (non-hydrogen) atoms. The molecule has 0 amide bonds. The van der Waals surface area contributed by atoms with Gasteiger partial charge in [-0.1, -0.05) is 13.8 Å². The molecule has 0 bridgehead atoms. The summed E-state index contributed by atoms with van der Waals surface area (Å²) < 4.78 is 0. The van der Waals surface area contributed by atoms with Gasteiger partial charge in [-0.05, 0) is 31.1 Å². The Kier molecular flexibility index (Phi) is 4.72. The van der Waals surface area contributed by atoms with E-state index in [0.717, 1.165) is 32.6 Å². The molecule has 110 valence electrons. The van der Waals surface area contributed by atoms with Crippen molar-refractivity contribution in [3.05, 3.63) is 21.6 Å². The Labute approximate surface area is 122 Å². The van der Waals surface area contributed by atoms with Crippen molar-refractivity contribution >= 4 is 23.1 Å². The molecule has 2 heterocycles. The van der Waals surface area contributed by atoms with Gasteiger partial charge in [0.25, 0.3) is 0 Å². The highest BCUT2D eigenvalue weighted by atomic mass is 35.5. The number of rotatable bonds is 5. The van der Waals surface area contributed by atoms with Crippen LogP contribution in [0.4, 0.5) is 11.5 Å². The number of anilines is 1. The number of halogens is 1. The summed E-state index contributed by atoms with van der Waals surface area (Å²) in [5.41, 5.74) is -0.0883. The lowest BCUT2D eigenvalue weighted by molar-refractivity contribution is -0.384. The van der Waals surface area contributed by atoms with Crippen molar-refractivity contribution in [2.24, 2.45) is 0 Å². The molecule has 1 aliphatic heterocycles. The van der Waals surface area contributed by atoms with Crippen LogP contribution in [-0.2, 0) is 0 Å². The fourth-order valence-corrected chi connectivity index (χ4v) is 2.81. The number of hydrogen-bond acceptors (Lipinski definition) is 6. The minimum Gasteiger partial charge on any atom is -0.349 e. The first-order valence-electron chi connectivity index (χ1n) is 6.72. The van der Waals surface area contributed by atoms with E-state index in [9.17, 15) is 10.1 Å². The first-order chi connectivity index (χ1) is 9.56. The summed E-state index contributed by atoms with van der Waals surface area (Å²) in [5.74, 6) is 0.324. The standard InChI is InChI=1S/C12H18ClN5O2/c1-3-16(4-2)9-5-6-17(8-9)11-10(18(19)20)7-14-12(13)15-11/h7,9H,3-6,8H2,1-2H3. The second kappa shape index (κ2) is 6.32. The molecule has 8 heteroatoms. The number of aromatic nitrogens is 2. The molecule has 7 nitrogen and oxygen atoms in total. The minimum absolute atomic E-state index is 0.0388. The zero-order valence-electron chi connectivity index (χ0n) is 11.6. The molecule has 0 aromatic carbocycles. The Balaban J connectivity index is 2.21. The molecule has 1 aromatic rings. The zero-order valence-corrected chi connectivity index (χ0v) is 12.4. The van der Waals surface area contributed by atoms with Crippen LogP contribution in [0.1, 0.15) is 20.3 Å². The van der Waals surface area contributed by atoms with Gasteiger partial charge in [-0.2, -0.15) is 4.98 Å². The molecular weight excluding hydrogens is 282 g/mol. The predicted molar refractivity (Wildman–Crippen MR) is 77.2 cm³/mol. The lowest BCUT2D eigenvalue weighted by atomic mass is 10.2. The maximum absolute atomic E-state index is 11.1. The van der Waals surface area contributed by atoms with Crippen molar-refractivity contribution in [3.63, 3.8) is 0 Å². The fraction of sp³-hybridized carbons (Fsp3) is 0.667. The van der Waals surface area contributed by atoms with Crippen LogP contribution in [-0.4, -0.2) is 52.0 Å². The molecular formula is C12H18ClN5O2. The van der Waals surface area contributed by atoms with Gasteiger partial charge in [-0.15, -0.1) is 0 Å². The Bertz CT molecular complexity index is 495. The molecule has 1 saturated heterocycles. The smallest absolute Gasteiger partial charge is 0.329 e. The fourth-order valence-electron chi connectivity index (χ4n) is 2.68. The number of likely N-dealkylation sites (N-methyl/N-ethyl adjacent to an activating group) is 1. The Hall–Kier alpha value is -1.47. The summed E-state index contributed by atoms with van der Waals surface area (Å²) >= 11 is 5.77. The van der Waals surface area contributed by atoms with Crippen LogP contribution < -0.4 is 4.90 Å². The van der Waals surface area contributed by atoms with Crippen LogP contribution in [0.25, 0.3) is 0 Å². The highest BCUT2D eigenvalue weighted by molar-refractivity contribution is 6.28. The zero-order chi connectivity index (χ0) is 14.7. The highest BCUT2D eigenvalue weighted by Gasteiger charge is 2.31. The normalized spacial score (nSPS) is 18.8. The van der Waals surface area contributed by atoms with Crippen LogP contribution in [0.5, 0.6) is 0 Å². The molecule has 0 spiro atoms. The second-order valence-corrected chi connectivity index (χ2v) is 5.05. The molecule has 2 rings (SSSR count).